The Morgan fingerprint density at radius 3 is 2.31 bits per heavy atom. The van der Waals surface area contributed by atoms with Gasteiger partial charge in [0.1, 0.15) is 5.75 Å². The van der Waals surface area contributed by atoms with Gasteiger partial charge >= 0.3 is 0 Å². The molecular weight excluding hydrogens is 406 g/mol. The van der Waals surface area contributed by atoms with E-state index in [1.165, 1.54) is 0 Å². The van der Waals surface area contributed by atoms with E-state index in [0.717, 1.165) is 34.6 Å². The molecule has 32 heavy (non-hydrogen) atoms. The van der Waals surface area contributed by atoms with Gasteiger partial charge in [-0.25, -0.2) is 0 Å². The Labute approximate surface area is 188 Å². The number of amides is 1. The number of ether oxygens (including phenoxy) is 3. The lowest BCUT2D eigenvalue weighted by molar-refractivity contribution is -0.122. The summed E-state index contributed by atoms with van der Waals surface area (Å²) < 4.78 is 16.4. The fourth-order valence-corrected chi connectivity index (χ4v) is 4.60. The van der Waals surface area contributed by atoms with Crippen molar-refractivity contribution >= 4 is 11.7 Å². The monoisotopic (exact) mass is 435 g/mol. The Morgan fingerprint density at radius 1 is 0.906 bits per heavy atom. The lowest BCUT2D eigenvalue weighted by Gasteiger charge is -2.34. The first-order chi connectivity index (χ1) is 15.5. The molecule has 2 atom stereocenters. The van der Waals surface area contributed by atoms with Gasteiger partial charge in [-0.15, -0.1) is 0 Å². The number of nitrogens with one attached hydrogen (secondary N) is 1. The number of hydrogen-bond acceptors (Lipinski definition) is 5. The first-order valence-corrected chi connectivity index (χ1v) is 11.0. The zero-order valence-corrected chi connectivity index (χ0v) is 18.8. The molecule has 6 nitrogen and oxygen atoms in total. The van der Waals surface area contributed by atoms with E-state index in [4.69, 9.17) is 14.2 Å². The van der Waals surface area contributed by atoms with E-state index in [9.17, 15) is 9.59 Å². The molecule has 168 valence electrons. The van der Waals surface area contributed by atoms with Crippen LogP contribution >= 0.6 is 0 Å². The summed E-state index contributed by atoms with van der Waals surface area (Å²) in [7, 11) is 3.19. The third-order valence-electron chi connectivity index (χ3n) is 6.17. The van der Waals surface area contributed by atoms with Crippen LogP contribution in [-0.4, -0.2) is 32.5 Å². The molecule has 1 heterocycles. The van der Waals surface area contributed by atoms with Gasteiger partial charge in [-0.3, -0.25) is 9.59 Å². The Bertz CT molecular complexity index is 1040. The lowest BCUT2D eigenvalue weighted by Crippen LogP contribution is -2.38. The molecule has 0 saturated carbocycles. The molecule has 0 aromatic heterocycles. The second kappa shape index (κ2) is 9.47. The highest BCUT2D eigenvalue weighted by atomic mass is 16.5. The molecule has 6 heteroatoms. The predicted molar refractivity (Wildman–Crippen MR) is 121 cm³/mol. The summed E-state index contributed by atoms with van der Waals surface area (Å²) in [4.78, 5) is 25.8. The topological polar surface area (TPSA) is 73.9 Å². The fraction of sp³-hybridized carbons (Fsp3) is 0.385. The fourth-order valence-electron chi connectivity index (χ4n) is 4.60. The number of methoxy groups -OCH3 is 2. The van der Waals surface area contributed by atoms with Crippen molar-refractivity contribution in [3.8, 4) is 17.2 Å². The third-order valence-corrected chi connectivity index (χ3v) is 6.17. The van der Waals surface area contributed by atoms with Crippen molar-refractivity contribution in [1.82, 2.24) is 5.32 Å². The van der Waals surface area contributed by atoms with Crippen LogP contribution in [0.3, 0.4) is 0 Å². The van der Waals surface area contributed by atoms with Crippen LogP contribution in [0.4, 0.5) is 0 Å². The number of hydrogen-bond donors (Lipinski definition) is 1. The maximum Gasteiger partial charge on any atom is 0.225 e. The maximum absolute atomic E-state index is 13.3. The van der Waals surface area contributed by atoms with E-state index < -0.39 is 0 Å². The maximum atomic E-state index is 13.3. The van der Waals surface area contributed by atoms with Crippen LogP contribution in [0, 0.1) is 0 Å². The van der Waals surface area contributed by atoms with Crippen molar-refractivity contribution in [3.05, 3.63) is 64.9 Å². The summed E-state index contributed by atoms with van der Waals surface area (Å²) in [6.07, 6.45) is 2.23. The Kier molecular flexibility index (Phi) is 6.49. The average Bonchev–Trinajstić information content (AvgIpc) is 2.81. The SMILES string of the molecule is CCCOc1ccc([C@@H]2CC(=O)NC3=C2C(=O)C[C@H](c2ccc(OC)c(OC)c2)C3)cc1. The average molecular weight is 436 g/mol. The lowest BCUT2D eigenvalue weighted by atomic mass is 9.73. The van der Waals surface area contributed by atoms with Crippen molar-refractivity contribution in [2.45, 2.75) is 44.4 Å². The minimum Gasteiger partial charge on any atom is -0.494 e. The van der Waals surface area contributed by atoms with E-state index >= 15 is 0 Å². The number of rotatable bonds is 7. The van der Waals surface area contributed by atoms with Crippen LogP contribution in [0.15, 0.2) is 53.7 Å². The molecule has 4 rings (SSSR count). The number of allylic oxidation sites excluding steroid dienone is 2. The summed E-state index contributed by atoms with van der Waals surface area (Å²) in [6, 6.07) is 13.5. The number of carbonyl (C=O) groups excluding carboxylic acids is 2. The molecule has 2 aromatic rings. The smallest absolute Gasteiger partial charge is 0.225 e. The zero-order valence-electron chi connectivity index (χ0n) is 18.8. The van der Waals surface area contributed by atoms with Crippen LogP contribution in [0.2, 0.25) is 0 Å². The standard InChI is InChI=1S/C26H29NO5/c1-4-11-32-19-8-5-16(6-9-19)20-15-25(29)27-21-12-18(13-22(28)26(20)21)17-7-10-23(30-2)24(14-17)31-3/h5-10,14,18,20H,4,11-13,15H2,1-3H3,(H,27,29)/t18-,20+/m1/s1. The van der Waals surface area contributed by atoms with Gasteiger partial charge in [-0.2, -0.15) is 0 Å². The molecule has 1 amide bonds. The van der Waals surface area contributed by atoms with E-state index in [1.54, 1.807) is 14.2 Å². The minimum absolute atomic E-state index is 0.0232. The Balaban J connectivity index is 1.62. The van der Waals surface area contributed by atoms with Crippen molar-refractivity contribution in [3.63, 3.8) is 0 Å². The van der Waals surface area contributed by atoms with Crippen molar-refractivity contribution in [2.24, 2.45) is 0 Å². The van der Waals surface area contributed by atoms with Gasteiger partial charge in [0.05, 0.1) is 20.8 Å². The molecule has 0 bridgehead atoms. The van der Waals surface area contributed by atoms with E-state index in [0.29, 0.717) is 30.9 Å². The van der Waals surface area contributed by atoms with Crippen molar-refractivity contribution in [1.29, 1.82) is 0 Å². The Morgan fingerprint density at radius 2 is 1.62 bits per heavy atom. The highest BCUT2D eigenvalue weighted by molar-refractivity contribution is 6.02. The van der Waals surface area contributed by atoms with E-state index in [-0.39, 0.29) is 29.9 Å². The molecule has 0 saturated heterocycles. The predicted octanol–water partition coefficient (Wildman–Crippen LogP) is 4.50. The first kappa shape index (κ1) is 21.9. The summed E-state index contributed by atoms with van der Waals surface area (Å²) in [5.74, 6) is 1.86. The zero-order chi connectivity index (χ0) is 22.7. The molecular formula is C26H29NO5. The first-order valence-electron chi connectivity index (χ1n) is 11.0. The number of ketones is 1. The van der Waals surface area contributed by atoms with Crippen LogP contribution in [0.5, 0.6) is 17.2 Å². The second-order valence-corrected chi connectivity index (χ2v) is 8.26. The summed E-state index contributed by atoms with van der Waals surface area (Å²) >= 11 is 0. The largest absolute Gasteiger partial charge is 0.494 e. The summed E-state index contributed by atoms with van der Waals surface area (Å²) in [6.45, 7) is 2.73. The molecule has 2 aromatic carbocycles. The molecule has 2 aliphatic rings. The number of Topliss-reactive ketones (excluding diaryl/α,β-unsaturated/α-hetero) is 1. The minimum atomic E-state index is -0.224. The molecule has 0 radical (unpaired) electrons. The van der Waals surface area contributed by atoms with Crippen LogP contribution in [0.25, 0.3) is 0 Å². The molecule has 0 spiro atoms. The highest BCUT2D eigenvalue weighted by Crippen LogP contribution is 2.44. The van der Waals surface area contributed by atoms with Gasteiger partial charge in [0, 0.05) is 30.0 Å². The molecule has 0 fully saturated rings. The van der Waals surface area contributed by atoms with Crippen LogP contribution < -0.4 is 19.5 Å². The third kappa shape index (κ3) is 4.35. The highest BCUT2D eigenvalue weighted by Gasteiger charge is 2.38. The number of benzene rings is 2. The molecule has 0 unspecified atom stereocenters. The Hall–Kier alpha value is -3.28. The van der Waals surface area contributed by atoms with Gasteiger partial charge in [0.15, 0.2) is 17.3 Å². The number of carbonyl (C=O) groups is 2. The normalized spacial score (nSPS) is 20.5. The second-order valence-electron chi connectivity index (χ2n) is 8.26. The van der Waals surface area contributed by atoms with Crippen molar-refractivity contribution in [2.75, 3.05) is 20.8 Å². The quantitative estimate of drug-likeness (QED) is 0.693. The van der Waals surface area contributed by atoms with Gasteiger partial charge in [-0.1, -0.05) is 25.1 Å². The van der Waals surface area contributed by atoms with Gasteiger partial charge < -0.3 is 19.5 Å². The summed E-state index contributed by atoms with van der Waals surface area (Å²) in [5.41, 5.74) is 3.45. The van der Waals surface area contributed by atoms with Gasteiger partial charge in [-0.05, 0) is 54.2 Å². The van der Waals surface area contributed by atoms with Gasteiger partial charge in [0.2, 0.25) is 5.91 Å². The van der Waals surface area contributed by atoms with E-state index in [2.05, 4.69) is 12.2 Å². The molecule has 1 aliphatic carbocycles. The molecule has 1 N–H and O–H groups in total. The van der Waals surface area contributed by atoms with E-state index in [1.807, 2.05) is 42.5 Å². The summed E-state index contributed by atoms with van der Waals surface area (Å²) in [5, 5.41) is 2.98. The molecule has 1 aliphatic heterocycles. The van der Waals surface area contributed by atoms with Gasteiger partial charge in [0.25, 0.3) is 0 Å². The van der Waals surface area contributed by atoms with Crippen molar-refractivity contribution < 1.29 is 23.8 Å². The van der Waals surface area contributed by atoms with Crippen LogP contribution in [0.1, 0.15) is 55.6 Å². The van der Waals surface area contributed by atoms with Crippen LogP contribution in [-0.2, 0) is 9.59 Å².